The second-order valence-electron chi connectivity index (χ2n) is 7.46. The van der Waals surface area contributed by atoms with Gasteiger partial charge in [-0.25, -0.2) is 0 Å². The van der Waals surface area contributed by atoms with Gasteiger partial charge in [0.25, 0.3) is 0 Å². The first-order valence-corrected chi connectivity index (χ1v) is 9.97. The molecule has 0 amide bonds. The maximum Gasteiger partial charge on any atom is 0.190 e. The van der Waals surface area contributed by atoms with Crippen molar-refractivity contribution in [2.24, 2.45) is 4.99 Å². The Morgan fingerprint density at radius 1 is 0.958 bits per heavy atom. The molecule has 2 N–H and O–H groups in total. The summed E-state index contributed by atoms with van der Waals surface area (Å²) in [5.41, 5.74) is 0. The topological polar surface area (TPSA) is 42.9 Å². The number of unbranched alkanes of at least 4 members (excludes halogenated alkanes) is 1. The molecule has 1 rings (SSSR count). The van der Waals surface area contributed by atoms with Crippen LogP contribution < -0.4 is 10.6 Å². The zero-order valence-electron chi connectivity index (χ0n) is 16.8. The van der Waals surface area contributed by atoms with Gasteiger partial charge < -0.3 is 15.5 Å². The molecule has 5 heteroatoms. The summed E-state index contributed by atoms with van der Waals surface area (Å²) in [6.07, 6.45) is 6.42. The molecule has 0 saturated carbocycles. The Kier molecular flexibility index (Phi) is 11.1. The number of hydrogen-bond donors (Lipinski definition) is 2. The number of nitrogens with zero attached hydrogens (tertiary/aromatic N) is 3. The van der Waals surface area contributed by atoms with E-state index < -0.39 is 0 Å². The second-order valence-corrected chi connectivity index (χ2v) is 7.46. The quantitative estimate of drug-likeness (QED) is 0.345. The summed E-state index contributed by atoms with van der Waals surface area (Å²) >= 11 is 0. The van der Waals surface area contributed by atoms with Gasteiger partial charge in [0.1, 0.15) is 0 Å². The van der Waals surface area contributed by atoms with Crippen molar-refractivity contribution in [2.45, 2.75) is 71.9 Å². The summed E-state index contributed by atoms with van der Waals surface area (Å²) in [6.45, 7) is 16.1. The molecule has 0 aromatic carbocycles. The summed E-state index contributed by atoms with van der Waals surface area (Å²) < 4.78 is 0. The summed E-state index contributed by atoms with van der Waals surface area (Å²) in [5.74, 6) is 0.941. The third-order valence-electron chi connectivity index (χ3n) is 4.83. The predicted molar refractivity (Wildman–Crippen MR) is 106 cm³/mol. The van der Waals surface area contributed by atoms with Crippen molar-refractivity contribution < 1.29 is 0 Å². The molecule has 0 bridgehead atoms. The number of aliphatic imine (C=N–C) groups is 1. The molecule has 0 spiro atoms. The van der Waals surface area contributed by atoms with E-state index in [4.69, 9.17) is 0 Å². The molecule has 24 heavy (non-hydrogen) atoms. The smallest absolute Gasteiger partial charge is 0.190 e. The van der Waals surface area contributed by atoms with Crippen molar-refractivity contribution in [1.82, 2.24) is 20.4 Å². The third-order valence-corrected chi connectivity index (χ3v) is 4.83. The van der Waals surface area contributed by atoms with Crippen LogP contribution in [-0.4, -0.2) is 74.2 Å². The van der Waals surface area contributed by atoms with Crippen molar-refractivity contribution in [1.29, 1.82) is 0 Å². The molecule has 0 aromatic rings. The molecule has 0 aromatic heterocycles. The van der Waals surface area contributed by atoms with E-state index in [0.29, 0.717) is 12.1 Å². The van der Waals surface area contributed by atoms with Gasteiger partial charge in [-0.15, -0.1) is 0 Å². The summed E-state index contributed by atoms with van der Waals surface area (Å²) in [7, 11) is 1.86. The van der Waals surface area contributed by atoms with Crippen LogP contribution in [-0.2, 0) is 0 Å². The Labute approximate surface area is 150 Å². The molecule has 1 aliphatic rings. The van der Waals surface area contributed by atoms with E-state index in [-0.39, 0.29) is 0 Å². The van der Waals surface area contributed by atoms with Crippen LogP contribution >= 0.6 is 0 Å². The molecular formula is C19H41N5. The number of nitrogens with one attached hydrogen (secondary N) is 2. The predicted octanol–water partition coefficient (Wildman–Crippen LogP) is 2.54. The average molecular weight is 340 g/mol. The van der Waals surface area contributed by atoms with E-state index in [2.05, 4.69) is 53.1 Å². The molecule has 1 aliphatic heterocycles. The second kappa shape index (κ2) is 12.5. The zero-order valence-corrected chi connectivity index (χ0v) is 16.8. The summed E-state index contributed by atoms with van der Waals surface area (Å²) in [5, 5.41) is 6.87. The lowest BCUT2D eigenvalue weighted by Gasteiger charge is -2.30. The van der Waals surface area contributed by atoms with Gasteiger partial charge in [0.2, 0.25) is 0 Å². The largest absolute Gasteiger partial charge is 0.356 e. The Morgan fingerprint density at radius 3 is 2.08 bits per heavy atom. The van der Waals surface area contributed by atoms with E-state index in [0.717, 1.165) is 32.0 Å². The fourth-order valence-corrected chi connectivity index (χ4v) is 3.48. The van der Waals surface area contributed by atoms with Crippen molar-refractivity contribution in [3.63, 3.8) is 0 Å². The van der Waals surface area contributed by atoms with Crippen LogP contribution in [0.15, 0.2) is 4.99 Å². The molecule has 0 unspecified atom stereocenters. The molecule has 1 fully saturated rings. The van der Waals surface area contributed by atoms with Gasteiger partial charge in [-0.05, 0) is 79.4 Å². The fourth-order valence-electron chi connectivity index (χ4n) is 3.48. The lowest BCUT2D eigenvalue weighted by molar-refractivity contribution is 0.173. The standard InChI is InChI=1S/C19H41N5/c1-17(2)24(18(3)4)16-10-12-22-19(20-5)21-11-6-7-13-23-14-8-9-15-23/h17-18H,6-16H2,1-5H3,(H2,20,21,22). The van der Waals surface area contributed by atoms with E-state index in [1.54, 1.807) is 0 Å². The van der Waals surface area contributed by atoms with Gasteiger partial charge >= 0.3 is 0 Å². The first kappa shape index (κ1) is 21.2. The molecular weight excluding hydrogens is 298 g/mol. The molecule has 0 aliphatic carbocycles. The highest BCUT2D eigenvalue weighted by atomic mass is 15.2. The summed E-state index contributed by atoms with van der Waals surface area (Å²) in [6, 6.07) is 1.22. The number of hydrogen-bond acceptors (Lipinski definition) is 3. The van der Waals surface area contributed by atoms with Gasteiger partial charge in [-0.2, -0.15) is 0 Å². The Hall–Kier alpha value is -0.810. The first-order chi connectivity index (χ1) is 11.5. The number of guanidine groups is 1. The highest BCUT2D eigenvalue weighted by Gasteiger charge is 2.12. The van der Waals surface area contributed by atoms with Crippen LogP contribution in [0.3, 0.4) is 0 Å². The van der Waals surface area contributed by atoms with Crippen LogP contribution in [0.1, 0.15) is 59.8 Å². The van der Waals surface area contributed by atoms with Gasteiger partial charge in [0.15, 0.2) is 5.96 Å². The molecule has 1 heterocycles. The van der Waals surface area contributed by atoms with Crippen LogP contribution in [0.2, 0.25) is 0 Å². The minimum absolute atomic E-state index is 0.609. The molecule has 5 nitrogen and oxygen atoms in total. The van der Waals surface area contributed by atoms with Crippen LogP contribution in [0.4, 0.5) is 0 Å². The van der Waals surface area contributed by atoms with Crippen molar-refractivity contribution in [3.05, 3.63) is 0 Å². The SMILES string of the molecule is CN=C(NCCCCN1CCCC1)NCCCN(C(C)C)C(C)C. The van der Waals surface area contributed by atoms with E-state index in [1.807, 2.05) is 7.05 Å². The Morgan fingerprint density at radius 2 is 1.54 bits per heavy atom. The van der Waals surface area contributed by atoms with E-state index in [1.165, 1.54) is 45.3 Å². The molecule has 1 saturated heterocycles. The van der Waals surface area contributed by atoms with Crippen molar-refractivity contribution in [2.75, 3.05) is 46.3 Å². The molecule has 142 valence electrons. The van der Waals surface area contributed by atoms with Crippen molar-refractivity contribution in [3.8, 4) is 0 Å². The van der Waals surface area contributed by atoms with E-state index in [9.17, 15) is 0 Å². The average Bonchev–Trinajstić information content (AvgIpc) is 3.04. The van der Waals surface area contributed by atoms with Crippen LogP contribution in [0.25, 0.3) is 0 Å². The Bertz CT molecular complexity index is 327. The third kappa shape index (κ3) is 8.88. The van der Waals surface area contributed by atoms with Gasteiger partial charge in [-0.1, -0.05) is 0 Å². The molecule has 0 atom stereocenters. The highest BCUT2D eigenvalue weighted by molar-refractivity contribution is 5.79. The van der Waals surface area contributed by atoms with Gasteiger partial charge in [0.05, 0.1) is 0 Å². The van der Waals surface area contributed by atoms with Crippen LogP contribution in [0, 0.1) is 0 Å². The lowest BCUT2D eigenvalue weighted by atomic mass is 10.2. The minimum atomic E-state index is 0.609. The minimum Gasteiger partial charge on any atom is -0.356 e. The van der Waals surface area contributed by atoms with E-state index >= 15 is 0 Å². The van der Waals surface area contributed by atoms with Gasteiger partial charge in [0, 0.05) is 38.8 Å². The fraction of sp³-hybridized carbons (Fsp3) is 0.947. The maximum atomic E-state index is 4.32. The maximum absolute atomic E-state index is 4.32. The number of rotatable bonds is 11. The molecule has 0 radical (unpaired) electrons. The number of likely N-dealkylation sites (tertiary alicyclic amines) is 1. The van der Waals surface area contributed by atoms with Gasteiger partial charge in [-0.3, -0.25) is 9.89 Å². The summed E-state index contributed by atoms with van der Waals surface area (Å²) in [4.78, 5) is 9.44. The lowest BCUT2D eigenvalue weighted by Crippen LogP contribution is -2.41. The van der Waals surface area contributed by atoms with Crippen LogP contribution in [0.5, 0.6) is 0 Å². The first-order valence-electron chi connectivity index (χ1n) is 9.97. The highest BCUT2D eigenvalue weighted by Crippen LogP contribution is 2.08. The normalized spacial score (nSPS) is 16.6. The zero-order chi connectivity index (χ0) is 17.8. The Balaban J connectivity index is 2.05. The monoisotopic (exact) mass is 339 g/mol. The van der Waals surface area contributed by atoms with Crippen molar-refractivity contribution >= 4 is 5.96 Å².